The average Bonchev–Trinajstić information content (AvgIpc) is 2.68. The quantitative estimate of drug-likeness (QED) is 0.873. The summed E-state index contributed by atoms with van der Waals surface area (Å²) in [7, 11) is 0. The number of hydrogen-bond donors (Lipinski definition) is 2. The Balaban J connectivity index is 1.84. The van der Waals surface area contributed by atoms with Gasteiger partial charge in [-0.3, -0.25) is 4.79 Å². The van der Waals surface area contributed by atoms with E-state index >= 15 is 0 Å². The molecule has 19 heavy (non-hydrogen) atoms. The third-order valence-electron chi connectivity index (χ3n) is 2.39. The first-order valence-electron chi connectivity index (χ1n) is 6.30. The summed E-state index contributed by atoms with van der Waals surface area (Å²) < 4.78 is 1.69. The number of carbonyl (C=O) groups excluding carboxylic acids is 1. The number of hydrogen-bond acceptors (Lipinski definition) is 4. The fourth-order valence-electron chi connectivity index (χ4n) is 1.68. The summed E-state index contributed by atoms with van der Waals surface area (Å²) in [6.45, 7) is 6.39. The topological polar surface area (TPSA) is 71.3 Å². The fraction of sp³-hybridized carbons (Fsp3) is 0.462. The molecular weight excluding hydrogens is 242 g/mol. The van der Waals surface area contributed by atoms with Gasteiger partial charge >= 0.3 is 0 Å². The van der Waals surface area contributed by atoms with Crippen LogP contribution in [0.25, 0.3) is 5.65 Å². The van der Waals surface area contributed by atoms with Gasteiger partial charge in [0.05, 0.1) is 0 Å². The number of carbonyl (C=O) groups is 1. The molecule has 2 N–H and O–H groups in total. The number of pyridine rings is 1. The lowest BCUT2D eigenvalue weighted by Gasteiger charge is -2.20. The first kappa shape index (κ1) is 13.3. The van der Waals surface area contributed by atoms with Crippen LogP contribution >= 0.6 is 0 Å². The molecule has 6 heteroatoms. The number of anilines is 1. The van der Waals surface area contributed by atoms with Gasteiger partial charge in [0.2, 0.25) is 11.9 Å². The highest BCUT2D eigenvalue weighted by atomic mass is 16.1. The molecule has 0 aliphatic heterocycles. The third kappa shape index (κ3) is 3.94. The molecule has 0 saturated heterocycles. The minimum absolute atomic E-state index is 0.0174. The molecule has 0 aliphatic rings. The average molecular weight is 261 g/mol. The van der Waals surface area contributed by atoms with E-state index in [4.69, 9.17) is 0 Å². The first-order valence-corrected chi connectivity index (χ1v) is 6.30. The van der Waals surface area contributed by atoms with Crippen LogP contribution in [0, 0.1) is 0 Å². The van der Waals surface area contributed by atoms with Crippen LogP contribution in [-0.2, 0) is 4.79 Å². The number of nitrogens with one attached hydrogen (secondary N) is 2. The van der Waals surface area contributed by atoms with Crippen molar-refractivity contribution in [2.45, 2.75) is 32.7 Å². The predicted molar refractivity (Wildman–Crippen MR) is 74.0 cm³/mol. The Morgan fingerprint density at radius 2 is 2.16 bits per heavy atom. The van der Waals surface area contributed by atoms with Crippen LogP contribution in [-0.4, -0.2) is 32.6 Å². The zero-order chi connectivity index (χ0) is 13.9. The van der Waals surface area contributed by atoms with E-state index in [0.717, 1.165) is 5.65 Å². The second-order valence-electron chi connectivity index (χ2n) is 5.41. The number of nitrogens with zero attached hydrogens (tertiary/aromatic N) is 3. The van der Waals surface area contributed by atoms with Gasteiger partial charge in [0, 0.05) is 24.7 Å². The van der Waals surface area contributed by atoms with Gasteiger partial charge in [-0.2, -0.15) is 4.98 Å². The van der Waals surface area contributed by atoms with Gasteiger partial charge < -0.3 is 10.6 Å². The van der Waals surface area contributed by atoms with Crippen LogP contribution in [0.4, 0.5) is 5.95 Å². The largest absolute Gasteiger partial charge is 0.352 e. The van der Waals surface area contributed by atoms with Crippen molar-refractivity contribution in [3.05, 3.63) is 24.4 Å². The van der Waals surface area contributed by atoms with Crippen LogP contribution in [0.15, 0.2) is 24.4 Å². The van der Waals surface area contributed by atoms with E-state index in [1.165, 1.54) is 0 Å². The summed E-state index contributed by atoms with van der Waals surface area (Å²) in [6, 6.07) is 5.68. The third-order valence-corrected chi connectivity index (χ3v) is 2.39. The van der Waals surface area contributed by atoms with Gasteiger partial charge in [-0.25, -0.2) is 4.52 Å². The molecule has 2 heterocycles. The summed E-state index contributed by atoms with van der Waals surface area (Å²) in [5.74, 6) is 0.554. The van der Waals surface area contributed by atoms with E-state index in [0.29, 0.717) is 18.9 Å². The highest BCUT2D eigenvalue weighted by Crippen LogP contribution is 2.04. The molecule has 2 rings (SSSR count). The molecule has 2 aromatic rings. The lowest BCUT2D eigenvalue weighted by molar-refractivity contribution is -0.122. The monoisotopic (exact) mass is 261 g/mol. The van der Waals surface area contributed by atoms with Crippen molar-refractivity contribution in [3.8, 4) is 0 Å². The van der Waals surface area contributed by atoms with Gasteiger partial charge in [-0.1, -0.05) is 6.07 Å². The number of fused-ring (bicyclic) bond motifs is 1. The highest BCUT2D eigenvalue weighted by Gasteiger charge is 2.13. The molecule has 2 aromatic heterocycles. The number of rotatable bonds is 4. The molecule has 0 atom stereocenters. The lowest BCUT2D eigenvalue weighted by Crippen LogP contribution is -2.41. The summed E-state index contributed by atoms with van der Waals surface area (Å²) in [5.41, 5.74) is 0.586. The Bertz CT molecular complexity index is 537. The molecule has 0 spiro atoms. The molecule has 0 aliphatic carbocycles. The minimum Gasteiger partial charge on any atom is -0.352 e. The Kier molecular flexibility index (Phi) is 3.69. The zero-order valence-corrected chi connectivity index (χ0v) is 11.5. The zero-order valence-electron chi connectivity index (χ0n) is 11.5. The first-order chi connectivity index (χ1) is 8.94. The molecule has 0 fully saturated rings. The molecule has 0 radical (unpaired) electrons. The number of aromatic nitrogens is 3. The summed E-state index contributed by atoms with van der Waals surface area (Å²) in [4.78, 5) is 15.9. The van der Waals surface area contributed by atoms with Crippen molar-refractivity contribution in [3.63, 3.8) is 0 Å². The van der Waals surface area contributed by atoms with Crippen LogP contribution in [0.1, 0.15) is 27.2 Å². The fourth-order valence-corrected chi connectivity index (χ4v) is 1.68. The molecule has 0 bridgehead atoms. The van der Waals surface area contributed by atoms with E-state index in [-0.39, 0.29) is 11.4 Å². The molecule has 0 aromatic carbocycles. The Morgan fingerprint density at radius 3 is 2.84 bits per heavy atom. The second-order valence-corrected chi connectivity index (χ2v) is 5.41. The maximum absolute atomic E-state index is 11.6. The molecule has 102 valence electrons. The van der Waals surface area contributed by atoms with Gasteiger partial charge in [0.15, 0.2) is 5.65 Å². The van der Waals surface area contributed by atoms with E-state index in [9.17, 15) is 4.79 Å². The molecular formula is C13H19N5O. The molecule has 1 amide bonds. The molecule has 0 unspecified atom stereocenters. The SMILES string of the molecule is CC(C)(C)NC(=O)CCNc1nc2ccccn2n1. The van der Waals surface area contributed by atoms with Crippen molar-refractivity contribution in [1.29, 1.82) is 0 Å². The van der Waals surface area contributed by atoms with Crippen LogP contribution in [0.5, 0.6) is 0 Å². The normalized spacial score (nSPS) is 11.5. The van der Waals surface area contributed by atoms with Gasteiger partial charge in [-0.05, 0) is 32.9 Å². The van der Waals surface area contributed by atoms with Crippen LogP contribution in [0.2, 0.25) is 0 Å². The van der Waals surface area contributed by atoms with Gasteiger partial charge in [0.1, 0.15) is 0 Å². The van der Waals surface area contributed by atoms with Crippen molar-refractivity contribution in [1.82, 2.24) is 19.9 Å². The van der Waals surface area contributed by atoms with Crippen molar-refractivity contribution in [2.75, 3.05) is 11.9 Å². The van der Waals surface area contributed by atoms with E-state index < -0.39 is 0 Å². The van der Waals surface area contributed by atoms with E-state index in [1.807, 2.05) is 45.2 Å². The Labute approximate surface area is 112 Å². The van der Waals surface area contributed by atoms with Crippen LogP contribution < -0.4 is 10.6 Å². The highest BCUT2D eigenvalue weighted by molar-refractivity contribution is 5.77. The summed E-state index contributed by atoms with van der Waals surface area (Å²) in [6.07, 6.45) is 2.23. The van der Waals surface area contributed by atoms with E-state index in [1.54, 1.807) is 4.52 Å². The van der Waals surface area contributed by atoms with Gasteiger partial charge in [0.25, 0.3) is 0 Å². The van der Waals surface area contributed by atoms with Gasteiger partial charge in [-0.15, -0.1) is 5.10 Å². The lowest BCUT2D eigenvalue weighted by atomic mass is 10.1. The van der Waals surface area contributed by atoms with E-state index in [2.05, 4.69) is 20.7 Å². The predicted octanol–water partition coefficient (Wildman–Crippen LogP) is 1.45. The second kappa shape index (κ2) is 5.26. The maximum Gasteiger partial charge on any atom is 0.243 e. The number of amides is 1. The van der Waals surface area contributed by atoms with Crippen molar-refractivity contribution >= 4 is 17.5 Å². The Morgan fingerprint density at radius 1 is 1.37 bits per heavy atom. The Hall–Kier alpha value is -2.11. The van der Waals surface area contributed by atoms with Crippen molar-refractivity contribution in [2.24, 2.45) is 0 Å². The van der Waals surface area contributed by atoms with Crippen molar-refractivity contribution < 1.29 is 4.79 Å². The standard InChI is InChI=1S/C13H19N5O/c1-13(2,3)16-11(19)7-8-14-12-15-10-6-4-5-9-18(10)17-12/h4-6,9H,7-8H2,1-3H3,(H,14,17)(H,16,19). The smallest absolute Gasteiger partial charge is 0.243 e. The van der Waals surface area contributed by atoms with Crippen LogP contribution in [0.3, 0.4) is 0 Å². The minimum atomic E-state index is -0.196. The maximum atomic E-state index is 11.6. The summed E-state index contributed by atoms with van der Waals surface area (Å²) >= 11 is 0. The molecule has 6 nitrogen and oxygen atoms in total. The molecule has 0 saturated carbocycles. The summed E-state index contributed by atoms with van der Waals surface area (Å²) in [5, 5.41) is 10.2.